The lowest BCUT2D eigenvalue weighted by molar-refractivity contribution is 0.496. The summed E-state index contributed by atoms with van der Waals surface area (Å²) in [6.45, 7) is 12.7. The van der Waals surface area contributed by atoms with Crippen LogP contribution in [0, 0.1) is 0 Å². The molecular weight excluding hydrogens is 312 g/mol. The average Bonchev–Trinajstić information content (AvgIpc) is 2.95. The van der Waals surface area contributed by atoms with Gasteiger partial charge in [-0.05, 0) is 66.9 Å². The van der Waals surface area contributed by atoms with Gasteiger partial charge in [-0.25, -0.2) is 0 Å². The molecule has 0 saturated carbocycles. The molecule has 1 atom stereocenters. The number of fused-ring (bicyclic) bond motifs is 1. The molecule has 132 valence electrons. The molecule has 2 N–H and O–H groups in total. The van der Waals surface area contributed by atoms with Crippen molar-refractivity contribution in [1.29, 1.82) is 0 Å². The lowest BCUT2D eigenvalue weighted by Gasteiger charge is -2.27. The Labute approximate surface area is 152 Å². The number of allylic oxidation sites excluding steroid dienone is 1. The molecule has 1 fully saturated rings. The second kappa shape index (κ2) is 9.22. The molecule has 1 heterocycles. The van der Waals surface area contributed by atoms with E-state index in [1.165, 1.54) is 46.6 Å². The van der Waals surface area contributed by atoms with E-state index in [4.69, 9.17) is 0 Å². The molecule has 1 aromatic carbocycles. The number of hydrogen-bond donors (Lipinski definition) is 2. The van der Waals surface area contributed by atoms with Gasteiger partial charge in [-0.1, -0.05) is 44.7 Å². The van der Waals surface area contributed by atoms with Crippen LogP contribution in [0.2, 0.25) is 0 Å². The minimum absolute atomic E-state index is 0.324. The van der Waals surface area contributed by atoms with Gasteiger partial charge in [0, 0.05) is 12.1 Å². The van der Waals surface area contributed by atoms with E-state index in [1.54, 1.807) is 0 Å². The molecule has 1 aliphatic heterocycles. The number of hydrogen-bond acceptors (Lipinski definition) is 3. The maximum atomic E-state index is 4.18. The van der Waals surface area contributed by atoms with Gasteiger partial charge in [0.05, 0.1) is 5.82 Å². The monoisotopic (exact) mass is 344 g/mol. The second-order valence-electron chi connectivity index (χ2n) is 6.36. The van der Waals surface area contributed by atoms with Crippen LogP contribution in [-0.4, -0.2) is 23.6 Å². The highest BCUT2D eigenvalue weighted by Gasteiger charge is 2.22. The highest BCUT2D eigenvalue weighted by molar-refractivity contribution is 7.99. The van der Waals surface area contributed by atoms with Gasteiger partial charge >= 0.3 is 0 Å². The first kappa shape index (κ1) is 19.0. The van der Waals surface area contributed by atoms with Crippen molar-refractivity contribution in [3.63, 3.8) is 0 Å². The Morgan fingerprint density at radius 3 is 2.54 bits per heavy atom. The summed E-state index contributed by atoms with van der Waals surface area (Å²) in [5.74, 6) is 3.50. The Morgan fingerprint density at radius 1 is 1.21 bits per heavy atom. The molecule has 0 bridgehead atoms. The summed E-state index contributed by atoms with van der Waals surface area (Å²) in [4.78, 5) is 0. The molecule has 0 radical (unpaired) electrons. The molecule has 0 amide bonds. The van der Waals surface area contributed by atoms with Crippen molar-refractivity contribution in [1.82, 2.24) is 10.6 Å². The van der Waals surface area contributed by atoms with Gasteiger partial charge < -0.3 is 10.6 Å². The van der Waals surface area contributed by atoms with Gasteiger partial charge in [0.1, 0.15) is 0 Å². The Bertz CT molecular complexity index is 585. The van der Waals surface area contributed by atoms with Gasteiger partial charge in [-0.3, -0.25) is 0 Å². The van der Waals surface area contributed by atoms with E-state index < -0.39 is 0 Å². The van der Waals surface area contributed by atoms with Crippen molar-refractivity contribution in [3.8, 4) is 0 Å². The van der Waals surface area contributed by atoms with Crippen LogP contribution in [-0.2, 0) is 6.42 Å². The zero-order valence-electron chi connectivity index (χ0n) is 15.6. The summed E-state index contributed by atoms with van der Waals surface area (Å²) in [6, 6.07) is 9.65. The summed E-state index contributed by atoms with van der Waals surface area (Å²) in [6.07, 6.45) is 3.54. The van der Waals surface area contributed by atoms with Gasteiger partial charge in [0.25, 0.3) is 0 Å². The molecule has 1 aliphatic carbocycles. The molecule has 24 heavy (non-hydrogen) atoms. The quantitative estimate of drug-likeness (QED) is 0.788. The van der Waals surface area contributed by atoms with Crippen LogP contribution in [0.1, 0.15) is 51.7 Å². The minimum atomic E-state index is 0.324. The maximum Gasteiger partial charge on any atom is 0.0919 e. The highest BCUT2D eigenvalue weighted by Crippen LogP contribution is 2.33. The van der Waals surface area contributed by atoms with Crippen LogP contribution >= 0.6 is 11.8 Å². The van der Waals surface area contributed by atoms with E-state index >= 15 is 0 Å². The van der Waals surface area contributed by atoms with Crippen LogP contribution in [0.25, 0.3) is 5.57 Å². The summed E-state index contributed by atoms with van der Waals surface area (Å²) < 4.78 is 0. The van der Waals surface area contributed by atoms with Crippen LogP contribution in [0.4, 0.5) is 0 Å². The Hall–Kier alpha value is -1.35. The maximum absolute atomic E-state index is 4.18. The fourth-order valence-corrected chi connectivity index (χ4v) is 4.61. The number of nitrogens with one attached hydrogen (secondary N) is 2. The molecule has 0 aromatic heterocycles. The van der Waals surface area contributed by atoms with E-state index in [2.05, 4.69) is 67.1 Å². The first-order valence-electron chi connectivity index (χ1n) is 9.23. The van der Waals surface area contributed by atoms with Crippen LogP contribution in [0.5, 0.6) is 0 Å². The second-order valence-corrected chi connectivity index (χ2v) is 7.58. The average molecular weight is 345 g/mol. The Morgan fingerprint density at radius 2 is 1.88 bits per heavy atom. The number of rotatable bonds is 5. The molecular formula is C21H32N2S. The van der Waals surface area contributed by atoms with Gasteiger partial charge in [0.2, 0.25) is 0 Å². The molecule has 3 rings (SSSR count). The van der Waals surface area contributed by atoms with Crippen molar-refractivity contribution < 1.29 is 0 Å². The van der Waals surface area contributed by atoms with Gasteiger partial charge in [-0.2, -0.15) is 11.8 Å². The normalized spacial score (nSPS) is 18.3. The number of benzene rings is 1. The highest BCUT2D eigenvalue weighted by atomic mass is 32.2. The standard InChI is InChI=1S/C19H26N2S.C2H6/c1-13-18-7-5-4-6-16(18)12-19(13)14(2)20-15(3)21-17-8-10-22-11-9-17;1-2/h4-7,14,17,20-21H,3,8-12H2,1-2H3;1-2H3. The van der Waals surface area contributed by atoms with Crippen LogP contribution in [0.15, 0.2) is 42.2 Å². The molecule has 1 unspecified atom stereocenters. The predicted octanol–water partition coefficient (Wildman–Crippen LogP) is 4.98. The molecule has 1 saturated heterocycles. The molecule has 3 heteroatoms. The van der Waals surface area contributed by atoms with Crippen molar-refractivity contribution in [2.45, 2.75) is 59.0 Å². The van der Waals surface area contributed by atoms with Crippen LogP contribution < -0.4 is 10.6 Å². The summed E-state index contributed by atoms with van der Waals surface area (Å²) in [5, 5.41) is 7.13. The van der Waals surface area contributed by atoms with E-state index in [-0.39, 0.29) is 0 Å². The first-order chi connectivity index (χ1) is 11.6. The fraction of sp³-hybridized carbons (Fsp3) is 0.524. The summed E-state index contributed by atoms with van der Waals surface area (Å²) in [7, 11) is 0. The van der Waals surface area contributed by atoms with Gasteiger partial charge in [-0.15, -0.1) is 0 Å². The molecule has 1 aromatic rings. The van der Waals surface area contributed by atoms with Crippen molar-refractivity contribution in [2.24, 2.45) is 0 Å². The molecule has 0 spiro atoms. The molecule has 2 aliphatic rings. The van der Waals surface area contributed by atoms with Crippen LogP contribution in [0.3, 0.4) is 0 Å². The van der Waals surface area contributed by atoms with E-state index in [0.29, 0.717) is 12.1 Å². The summed E-state index contributed by atoms with van der Waals surface area (Å²) in [5.41, 5.74) is 5.78. The lowest BCUT2D eigenvalue weighted by Crippen LogP contribution is -2.40. The molecule has 2 nitrogen and oxygen atoms in total. The van der Waals surface area contributed by atoms with Crippen molar-refractivity contribution in [3.05, 3.63) is 53.4 Å². The third-order valence-corrected chi connectivity index (χ3v) is 5.85. The van der Waals surface area contributed by atoms with E-state index in [0.717, 1.165) is 12.2 Å². The zero-order valence-corrected chi connectivity index (χ0v) is 16.4. The Balaban J connectivity index is 0.00000100. The number of thioether (sulfide) groups is 1. The Kier molecular flexibility index (Phi) is 7.29. The lowest BCUT2D eigenvalue weighted by atomic mass is 10.0. The first-order valence-corrected chi connectivity index (χ1v) is 10.4. The third-order valence-electron chi connectivity index (χ3n) is 4.80. The van der Waals surface area contributed by atoms with Crippen molar-refractivity contribution >= 4 is 17.3 Å². The van der Waals surface area contributed by atoms with Gasteiger partial charge in [0.15, 0.2) is 0 Å². The van der Waals surface area contributed by atoms with E-state index in [9.17, 15) is 0 Å². The smallest absolute Gasteiger partial charge is 0.0919 e. The predicted molar refractivity (Wildman–Crippen MR) is 109 cm³/mol. The minimum Gasteiger partial charge on any atom is -0.370 e. The largest absolute Gasteiger partial charge is 0.370 e. The van der Waals surface area contributed by atoms with Crippen molar-refractivity contribution in [2.75, 3.05) is 11.5 Å². The summed E-state index contributed by atoms with van der Waals surface area (Å²) >= 11 is 2.06. The fourth-order valence-electron chi connectivity index (χ4n) is 3.51. The third kappa shape index (κ3) is 4.60. The zero-order chi connectivity index (χ0) is 17.5. The SMILES string of the molecule is C=C(NC1CCSCC1)NC(C)C1=C(C)c2ccccc2C1.CC. The van der Waals surface area contributed by atoms with E-state index in [1.807, 2.05) is 13.8 Å². The topological polar surface area (TPSA) is 24.1 Å².